The first-order valence-corrected chi connectivity index (χ1v) is 8.22. The average molecular weight is 345 g/mol. The fraction of sp³-hybridized carbons (Fsp3) is 0.294. The highest BCUT2D eigenvalue weighted by Crippen LogP contribution is 2.24. The number of ether oxygens (including phenoxy) is 1. The molecule has 6 nitrogen and oxygen atoms in total. The summed E-state index contributed by atoms with van der Waals surface area (Å²) >= 11 is 5.11. The monoisotopic (exact) mass is 345 g/mol. The van der Waals surface area contributed by atoms with E-state index in [-0.39, 0.29) is 17.4 Å². The fourth-order valence-corrected chi connectivity index (χ4v) is 2.78. The van der Waals surface area contributed by atoms with Gasteiger partial charge in [0.15, 0.2) is 5.11 Å². The maximum atomic E-state index is 12.2. The van der Waals surface area contributed by atoms with Crippen molar-refractivity contribution in [2.45, 2.75) is 18.9 Å². The minimum absolute atomic E-state index is 0.0776. The van der Waals surface area contributed by atoms with Crippen molar-refractivity contribution >= 4 is 34.0 Å². The van der Waals surface area contributed by atoms with Gasteiger partial charge in [-0.15, -0.1) is 0 Å². The van der Waals surface area contributed by atoms with Crippen LogP contribution in [0.2, 0.25) is 0 Å². The predicted molar refractivity (Wildman–Crippen MR) is 95.8 cm³/mol. The van der Waals surface area contributed by atoms with Gasteiger partial charge in [0, 0.05) is 13.2 Å². The summed E-state index contributed by atoms with van der Waals surface area (Å²) in [5.74, 6) is -0.536. The van der Waals surface area contributed by atoms with Gasteiger partial charge in [0.1, 0.15) is 5.75 Å². The number of aromatic hydroxyl groups is 1. The van der Waals surface area contributed by atoms with Crippen LogP contribution in [0.4, 0.5) is 0 Å². The van der Waals surface area contributed by atoms with Crippen molar-refractivity contribution in [3.8, 4) is 5.75 Å². The number of hydrazine groups is 1. The number of amides is 1. The Kier molecular flexibility index (Phi) is 5.12. The third-order valence-electron chi connectivity index (χ3n) is 3.91. The zero-order valence-electron chi connectivity index (χ0n) is 13.0. The van der Waals surface area contributed by atoms with Gasteiger partial charge in [-0.2, -0.15) is 0 Å². The second-order valence-electron chi connectivity index (χ2n) is 5.64. The first-order valence-electron chi connectivity index (χ1n) is 7.81. The predicted octanol–water partition coefficient (Wildman–Crippen LogP) is 1.83. The van der Waals surface area contributed by atoms with Gasteiger partial charge in [-0.3, -0.25) is 15.6 Å². The number of phenols is 1. The molecule has 1 fully saturated rings. The van der Waals surface area contributed by atoms with Gasteiger partial charge in [-0.25, -0.2) is 0 Å². The van der Waals surface area contributed by atoms with Crippen molar-refractivity contribution in [2.24, 2.45) is 0 Å². The number of benzene rings is 2. The summed E-state index contributed by atoms with van der Waals surface area (Å²) in [7, 11) is 0. The van der Waals surface area contributed by atoms with Crippen LogP contribution in [-0.4, -0.2) is 35.4 Å². The molecule has 1 amide bonds. The van der Waals surface area contributed by atoms with Crippen LogP contribution in [0.5, 0.6) is 5.75 Å². The molecule has 3 rings (SSSR count). The molecule has 1 heterocycles. The van der Waals surface area contributed by atoms with Crippen molar-refractivity contribution in [3.63, 3.8) is 0 Å². The molecule has 7 heteroatoms. The molecule has 2 aromatic carbocycles. The van der Waals surface area contributed by atoms with Crippen molar-refractivity contribution in [1.29, 1.82) is 0 Å². The minimum Gasteiger partial charge on any atom is -0.507 e. The van der Waals surface area contributed by atoms with Crippen LogP contribution < -0.4 is 16.2 Å². The summed E-state index contributed by atoms with van der Waals surface area (Å²) in [6, 6.07) is 10.7. The summed E-state index contributed by atoms with van der Waals surface area (Å²) in [6.45, 7) is 1.38. The number of thiocarbonyl (C=S) groups is 1. The summed E-state index contributed by atoms with van der Waals surface area (Å²) in [5, 5.41) is 15.1. The Morgan fingerprint density at radius 1 is 1.25 bits per heavy atom. The number of hydrogen-bond donors (Lipinski definition) is 4. The molecule has 24 heavy (non-hydrogen) atoms. The van der Waals surface area contributed by atoms with E-state index in [4.69, 9.17) is 17.0 Å². The van der Waals surface area contributed by atoms with Gasteiger partial charge < -0.3 is 15.2 Å². The first kappa shape index (κ1) is 16.5. The Hall–Kier alpha value is -2.38. The van der Waals surface area contributed by atoms with Crippen molar-refractivity contribution in [3.05, 3.63) is 42.0 Å². The number of rotatable bonds is 3. The lowest BCUT2D eigenvalue weighted by atomic mass is 10.1. The number of carbonyl (C=O) groups is 1. The molecule has 0 unspecified atom stereocenters. The maximum absolute atomic E-state index is 12.2. The van der Waals surface area contributed by atoms with Gasteiger partial charge in [-0.1, -0.05) is 24.3 Å². The number of nitrogens with one attached hydrogen (secondary N) is 3. The smallest absolute Gasteiger partial charge is 0.273 e. The summed E-state index contributed by atoms with van der Waals surface area (Å²) in [4.78, 5) is 12.2. The van der Waals surface area contributed by atoms with E-state index in [1.807, 2.05) is 24.3 Å². The normalized spacial score (nSPS) is 16.8. The molecule has 2 aromatic rings. The first-order chi connectivity index (χ1) is 11.6. The molecule has 1 atom stereocenters. The molecule has 0 aromatic heterocycles. The molecular formula is C17H19N3O3S. The third kappa shape index (κ3) is 3.93. The molecule has 0 radical (unpaired) electrons. The van der Waals surface area contributed by atoms with E-state index in [1.54, 1.807) is 12.1 Å². The van der Waals surface area contributed by atoms with Gasteiger partial charge in [0.05, 0.1) is 11.7 Å². The van der Waals surface area contributed by atoms with Crippen LogP contribution in [0, 0.1) is 0 Å². The number of hydrogen-bond acceptors (Lipinski definition) is 4. The number of carbonyl (C=O) groups excluding carboxylic acids is 1. The van der Waals surface area contributed by atoms with Crippen LogP contribution in [-0.2, 0) is 4.74 Å². The quantitative estimate of drug-likeness (QED) is 0.502. The highest BCUT2D eigenvalue weighted by Gasteiger charge is 2.16. The lowest BCUT2D eigenvalue weighted by molar-refractivity contribution is 0.0940. The molecule has 1 saturated heterocycles. The van der Waals surface area contributed by atoms with E-state index in [0.29, 0.717) is 11.7 Å². The Morgan fingerprint density at radius 2 is 2.00 bits per heavy atom. The number of fused-ring (bicyclic) bond motifs is 1. The van der Waals surface area contributed by atoms with E-state index >= 15 is 0 Å². The lowest BCUT2D eigenvalue weighted by Crippen LogP contribution is -2.48. The fourth-order valence-electron chi connectivity index (χ4n) is 2.65. The lowest BCUT2D eigenvalue weighted by Gasteiger charge is -2.15. The zero-order chi connectivity index (χ0) is 16.9. The van der Waals surface area contributed by atoms with E-state index in [0.717, 1.165) is 30.2 Å². The van der Waals surface area contributed by atoms with Gasteiger partial charge in [0.2, 0.25) is 0 Å². The maximum Gasteiger partial charge on any atom is 0.273 e. The number of phenolic OH excluding ortho intramolecular Hbond substituents is 1. The Balaban J connectivity index is 1.56. The molecule has 1 aliphatic rings. The van der Waals surface area contributed by atoms with E-state index in [2.05, 4.69) is 16.2 Å². The van der Waals surface area contributed by atoms with E-state index in [9.17, 15) is 9.90 Å². The van der Waals surface area contributed by atoms with Crippen LogP contribution in [0.3, 0.4) is 0 Å². The average Bonchev–Trinajstić information content (AvgIpc) is 3.10. The Labute approximate surface area is 145 Å². The molecule has 0 spiro atoms. The van der Waals surface area contributed by atoms with Gasteiger partial charge in [-0.05, 0) is 48.0 Å². The molecule has 126 valence electrons. The van der Waals surface area contributed by atoms with Crippen LogP contribution in [0.25, 0.3) is 10.8 Å². The molecule has 0 saturated carbocycles. The highest BCUT2D eigenvalue weighted by molar-refractivity contribution is 7.80. The van der Waals surface area contributed by atoms with Crippen LogP contribution in [0.15, 0.2) is 36.4 Å². The minimum atomic E-state index is -0.459. The standard InChI is InChI=1S/C17H19N3O3S/c21-15-9-12-5-2-1-4-11(12)8-14(15)16(22)19-20-17(24)18-10-13-6-3-7-23-13/h1-2,4-5,8-9,13,21H,3,6-7,10H2,(H,19,22)(H2,18,20,24)/t13-/m0/s1. The van der Waals surface area contributed by atoms with Gasteiger partial charge >= 0.3 is 0 Å². The molecular weight excluding hydrogens is 326 g/mol. The largest absolute Gasteiger partial charge is 0.507 e. The molecule has 1 aliphatic heterocycles. The Bertz CT molecular complexity index is 760. The second kappa shape index (κ2) is 7.46. The Morgan fingerprint density at radius 3 is 2.71 bits per heavy atom. The summed E-state index contributed by atoms with van der Waals surface area (Å²) in [6.07, 6.45) is 2.22. The molecule has 4 N–H and O–H groups in total. The highest BCUT2D eigenvalue weighted by atomic mass is 32.1. The zero-order valence-corrected chi connectivity index (χ0v) is 13.9. The van der Waals surface area contributed by atoms with Crippen LogP contribution >= 0.6 is 12.2 Å². The molecule has 0 aliphatic carbocycles. The SMILES string of the molecule is O=C(NNC(=S)NC[C@@H]1CCCO1)c1cc2ccccc2cc1O. The summed E-state index contributed by atoms with van der Waals surface area (Å²) < 4.78 is 5.48. The van der Waals surface area contributed by atoms with E-state index in [1.165, 1.54) is 0 Å². The van der Waals surface area contributed by atoms with Gasteiger partial charge in [0.25, 0.3) is 5.91 Å². The molecule has 0 bridgehead atoms. The second-order valence-corrected chi connectivity index (χ2v) is 6.05. The summed E-state index contributed by atoms with van der Waals surface area (Å²) in [5.41, 5.74) is 5.30. The van der Waals surface area contributed by atoms with Crippen molar-refractivity contribution in [1.82, 2.24) is 16.2 Å². The third-order valence-corrected chi connectivity index (χ3v) is 4.16. The topological polar surface area (TPSA) is 82.6 Å². The van der Waals surface area contributed by atoms with Crippen LogP contribution in [0.1, 0.15) is 23.2 Å². The van der Waals surface area contributed by atoms with E-state index < -0.39 is 5.91 Å². The van der Waals surface area contributed by atoms with Crippen molar-refractivity contribution in [2.75, 3.05) is 13.2 Å². The van der Waals surface area contributed by atoms with Crippen molar-refractivity contribution < 1.29 is 14.6 Å².